The molecule has 3 aromatic carbocycles. The molecule has 0 radical (unpaired) electrons. The molecule has 31 heavy (non-hydrogen) atoms. The van der Waals surface area contributed by atoms with Gasteiger partial charge in [0.05, 0.1) is 20.3 Å². The molecule has 1 atom stereocenters. The highest BCUT2D eigenvalue weighted by molar-refractivity contribution is 5.91. The second-order valence-corrected chi connectivity index (χ2v) is 8.33. The number of quaternary nitrogens is 1. The van der Waals surface area contributed by atoms with Crippen LogP contribution in [0.5, 0.6) is 0 Å². The molecule has 5 heteroatoms. The number of likely N-dealkylation sites (N-methyl/N-ethyl adjacent to an activating group) is 1. The van der Waals surface area contributed by atoms with Crippen molar-refractivity contribution in [1.29, 1.82) is 0 Å². The molecule has 1 unspecified atom stereocenters. The summed E-state index contributed by atoms with van der Waals surface area (Å²) in [5, 5.41) is 3.07. The second-order valence-electron chi connectivity index (χ2n) is 8.33. The second kappa shape index (κ2) is 8.53. The van der Waals surface area contributed by atoms with Gasteiger partial charge in [0, 0.05) is 35.6 Å². The van der Waals surface area contributed by atoms with E-state index in [0.717, 1.165) is 32.0 Å². The Bertz CT molecular complexity index is 1030. The predicted octanol–water partition coefficient (Wildman–Crippen LogP) is 2.75. The Labute approximate surface area is 183 Å². The molecule has 5 rings (SSSR count). The molecular weight excluding hydrogens is 386 g/mol. The number of hydrogen-bond donors (Lipinski definition) is 2. The van der Waals surface area contributed by atoms with Gasteiger partial charge in [0.25, 0.3) is 5.91 Å². The number of nitrogens with zero attached hydrogens (tertiary/aromatic N) is 1. The van der Waals surface area contributed by atoms with Crippen molar-refractivity contribution in [2.45, 2.75) is 6.04 Å². The van der Waals surface area contributed by atoms with Gasteiger partial charge in [0.1, 0.15) is 6.04 Å². The van der Waals surface area contributed by atoms with Gasteiger partial charge in [-0.1, -0.05) is 48.5 Å². The minimum atomic E-state index is 0.0264. The van der Waals surface area contributed by atoms with Crippen LogP contribution in [-0.4, -0.2) is 45.8 Å². The lowest BCUT2D eigenvalue weighted by atomic mass is 10.0. The lowest BCUT2D eigenvalue weighted by Gasteiger charge is -2.29. The highest BCUT2D eigenvalue weighted by Gasteiger charge is 2.34. The van der Waals surface area contributed by atoms with E-state index in [1.165, 1.54) is 32.8 Å². The van der Waals surface area contributed by atoms with Crippen molar-refractivity contribution in [2.24, 2.45) is 0 Å². The number of carbonyl (C=O) groups is 1. The molecular formula is C26H28N3O2+. The van der Waals surface area contributed by atoms with E-state index in [1.54, 1.807) is 0 Å². The standard InChI is InChI=1S/C26H27N3O2/c1-28(26-23-8-4-2-6-21(23)22-7-3-5-9-24(22)26)18-25(30)27-19-10-12-20(13-11-19)29-14-16-31-17-15-29/h2-13,26H,14-18H2,1H3,(H,27,30)/p+1. The largest absolute Gasteiger partial charge is 0.378 e. The third-order valence-electron chi connectivity index (χ3n) is 6.29. The Kier molecular flexibility index (Phi) is 5.45. The number of anilines is 2. The fraction of sp³-hybridized carbons (Fsp3) is 0.269. The molecule has 5 nitrogen and oxygen atoms in total. The smallest absolute Gasteiger partial charge is 0.279 e. The van der Waals surface area contributed by atoms with Crippen molar-refractivity contribution in [3.05, 3.63) is 83.9 Å². The number of morpholine rings is 1. The van der Waals surface area contributed by atoms with Crippen LogP contribution < -0.4 is 15.1 Å². The van der Waals surface area contributed by atoms with E-state index in [1.807, 2.05) is 12.1 Å². The van der Waals surface area contributed by atoms with Gasteiger partial charge in [-0.15, -0.1) is 0 Å². The first-order valence-electron chi connectivity index (χ1n) is 10.9. The first kappa shape index (κ1) is 19.8. The van der Waals surface area contributed by atoms with E-state index in [0.29, 0.717) is 6.54 Å². The highest BCUT2D eigenvalue weighted by Crippen LogP contribution is 2.41. The molecule has 2 aliphatic rings. The Morgan fingerprint density at radius 2 is 1.52 bits per heavy atom. The maximum absolute atomic E-state index is 12.8. The molecule has 1 aliphatic heterocycles. The SMILES string of the molecule is C[NH+](CC(=O)Nc1ccc(N2CCOCC2)cc1)C1c2ccccc2-c2ccccc21. The van der Waals surface area contributed by atoms with Crippen LogP contribution in [0.25, 0.3) is 11.1 Å². The normalized spacial score (nSPS) is 16.5. The zero-order valence-electron chi connectivity index (χ0n) is 17.8. The number of hydrogen-bond acceptors (Lipinski definition) is 3. The van der Waals surface area contributed by atoms with Crippen LogP contribution in [0.4, 0.5) is 11.4 Å². The summed E-state index contributed by atoms with van der Waals surface area (Å²) in [4.78, 5) is 16.3. The van der Waals surface area contributed by atoms with E-state index in [4.69, 9.17) is 4.74 Å². The molecule has 3 aromatic rings. The van der Waals surface area contributed by atoms with Gasteiger partial charge in [-0.3, -0.25) is 4.79 Å². The topological polar surface area (TPSA) is 46.0 Å². The average Bonchev–Trinajstić information content (AvgIpc) is 3.15. The summed E-state index contributed by atoms with van der Waals surface area (Å²) in [5.41, 5.74) is 7.15. The van der Waals surface area contributed by atoms with Gasteiger partial charge in [-0.25, -0.2) is 0 Å². The Morgan fingerprint density at radius 1 is 0.935 bits per heavy atom. The van der Waals surface area contributed by atoms with Crippen molar-refractivity contribution >= 4 is 17.3 Å². The molecule has 1 aliphatic carbocycles. The lowest BCUT2D eigenvalue weighted by molar-refractivity contribution is -0.897. The van der Waals surface area contributed by atoms with E-state index in [2.05, 4.69) is 77.9 Å². The first-order chi connectivity index (χ1) is 15.2. The van der Waals surface area contributed by atoms with Crippen molar-refractivity contribution in [2.75, 3.05) is 50.1 Å². The molecule has 1 amide bonds. The summed E-state index contributed by atoms with van der Waals surface area (Å²) in [6.45, 7) is 3.75. The van der Waals surface area contributed by atoms with Crippen molar-refractivity contribution in [1.82, 2.24) is 0 Å². The number of nitrogens with one attached hydrogen (secondary N) is 2. The maximum atomic E-state index is 12.8. The molecule has 158 valence electrons. The van der Waals surface area contributed by atoms with Crippen LogP contribution in [0.15, 0.2) is 72.8 Å². The van der Waals surface area contributed by atoms with Gasteiger partial charge in [0.15, 0.2) is 6.54 Å². The van der Waals surface area contributed by atoms with Crippen molar-refractivity contribution in [3.63, 3.8) is 0 Å². The summed E-state index contributed by atoms with van der Waals surface area (Å²) in [6.07, 6.45) is 0. The summed E-state index contributed by atoms with van der Waals surface area (Å²) < 4.78 is 5.42. The van der Waals surface area contributed by atoms with Gasteiger partial charge in [0.2, 0.25) is 0 Å². The fourth-order valence-electron chi connectivity index (χ4n) is 4.82. The number of rotatable bonds is 5. The van der Waals surface area contributed by atoms with Crippen LogP contribution in [0, 0.1) is 0 Å². The minimum Gasteiger partial charge on any atom is -0.378 e. The molecule has 1 saturated heterocycles. The molecule has 1 fully saturated rings. The number of amides is 1. The molecule has 0 spiro atoms. The fourth-order valence-corrected chi connectivity index (χ4v) is 4.82. The van der Waals surface area contributed by atoms with Crippen molar-refractivity contribution in [3.8, 4) is 11.1 Å². The van der Waals surface area contributed by atoms with E-state index < -0.39 is 0 Å². The maximum Gasteiger partial charge on any atom is 0.279 e. The van der Waals surface area contributed by atoms with Crippen LogP contribution >= 0.6 is 0 Å². The third-order valence-corrected chi connectivity index (χ3v) is 6.29. The number of fused-ring (bicyclic) bond motifs is 3. The van der Waals surface area contributed by atoms with Crippen LogP contribution in [0.2, 0.25) is 0 Å². The average molecular weight is 415 g/mol. The Hall–Kier alpha value is -3.15. The summed E-state index contributed by atoms with van der Waals surface area (Å²) >= 11 is 0. The van der Waals surface area contributed by atoms with E-state index >= 15 is 0 Å². The molecule has 1 heterocycles. The zero-order valence-corrected chi connectivity index (χ0v) is 17.8. The monoisotopic (exact) mass is 414 g/mol. The number of benzene rings is 3. The van der Waals surface area contributed by atoms with E-state index in [-0.39, 0.29) is 11.9 Å². The molecule has 0 aromatic heterocycles. The van der Waals surface area contributed by atoms with Gasteiger partial charge in [-0.05, 0) is 35.4 Å². The summed E-state index contributed by atoms with van der Waals surface area (Å²) in [7, 11) is 2.10. The number of ether oxygens (including phenoxy) is 1. The molecule has 0 saturated carbocycles. The number of carbonyl (C=O) groups excluding carboxylic acids is 1. The molecule has 0 bridgehead atoms. The predicted molar refractivity (Wildman–Crippen MR) is 124 cm³/mol. The first-order valence-corrected chi connectivity index (χ1v) is 10.9. The van der Waals surface area contributed by atoms with Crippen molar-refractivity contribution < 1.29 is 14.4 Å². The lowest BCUT2D eigenvalue weighted by Crippen LogP contribution is -3.10. The quantitative estimate of drug-likeness (QED) is 0.675. The van der Waals surface area contributed by atoms with Crippen LogP contribution in [-0.2, 0) is 9.53 Å². The Morgan fingerprint density at radius 3 is 2.13 bits per heavy atom. The van der Waals surface area contributed by atoms with Crippen LogP contribution in [0.3, 0.4) is 0 Å². The highest BCUT2D eigenvalue weighted by atomic mass is 16.5. The third kappa shape index (κ3) is 3.94. The molecule has 2 N–H and O–H groups in total. The van der Waals surface area contributed by atoms with Crippen LogP contribution in [0.1, 0.15) is 17.2 Å². The summed E-state index contributed by atoms with van der Waals surface area (Å²) in [6, 6.07) is 25.3. The summed E-state index contributed by atoms with van der Waals surface area (Å²) in [5.74, 6) is 0.0264. The zero-order chi connectivity index (χ0) is 21.2. The van der Waals surface area contributed by atoms with Gasteiger partial charge >= 0.3 is 0 Å². The van der Waals surface area contributed by atoms with Gasteiger partial charge in [-0.2, -0.15) is 0 Å². The van der Waals surface area contributed by atoms with E-state index in [9.17, 15) is 4.79 Å². The van der Waals surface area contributed by atoms with Gasteiger partial charge < -0.3 is 19.9 Å². The Balaban J connectivity index is 1.27. The minimum absolute atomic E-state index is 0.0264.